The van der Waals surface area contributed by atoms with Gasteiger partial charge < -0.3 is 5.11 Å². The van der Waals surface area contributed by atoms with Crippen molar-refractivity contribution < 1.29 is 5.11 Å². The van der Waals surface area contributed by atoms with E-state index in [1.54, 1.807) is 24.7 Å². The zero-order chi connectivity index (χ0) is 9.35. The predicted octanol–water partition coefficient (Wildman–Crippen LogP) is 1.89. The van der Waals surface area contributed by atoms with Crippen molar-refractivity contribution in [3.8, 4) is 0 Å². The fourth-order valence-corrected chi connectivity index (χ4v) is 1.99. The highest BCUT2D eigenvalue weighted by Crippen LogP contribution is 2.27. The quantitative estimate of drug-likeness (QED) is 0.847. The second-order valence-electron chi connectivity index (χ2n) is 3.22. The third kappa shape index (κ3) is 1.69. The van der Waals surface area contributed by atoms with Crippen LogP contribution in [0.2, 0.25) is 0 Å². The molecular weight excluding hydrogens is 220 g/mol. The molecule has 1 heterocycles. The molecule has 0 radical (unpaired) electrons. The highest BCUT2D eigenvalue weighted by Gasteiger charge is 2.23. The minimum Gasteiger partial charge on any atom is -0.384 e. The Hall–Kier alpha value is -0.350. The van der Waals surface area contributed by atoms with Gasteiger partial charge >= 0.3 is 0 Å². The summed E-state index contributed by atoms with van der Waals surface area (Å²) < 4.78 is 2.64. The molecule has 0 fully saturated rings. The number of aromatic nitrogens is 2. The first kappa shape index (κ1) is 9.74. The summed E-state index contributed by atoms with van der Waals surface area (Å²) in [6, 6.07) is 0. The number of rotatable bonds is 2. The maximum atomic E-state index is 9.78. The number of aryl methyl sites for hydroxylation is 1. The second-order valence-corrected chi connectivity index (χ2v) is 4.07. The lowest BCUT2D eigenvalue weighted by molar-refractivity contribution is 0.0677. The molecule has 0 spiro atoms. The van der Waals surface area contributed by atoms with E-state index in [-0.39, 0.29) is 0 Å². The molecule has 1 rings (SSSR count). The fraction of sp³-hybridized carbons (Fsp3) is 0.625. The van der Waals surface area contributed by atoms with Crippen molar-refractivity contribution in [2.24, 2.45) is 0 Å². The molecule has 0 atom stereocenters. The van der Waals surface area contributed by atoms with Crippen molar-refractivity contribution in [1.29, 1.82) is 0 Å². The fourth-order valence-electron chi connectivity index (χ4n) is 1.21. The molecule has 1 N–H and O–H groups in total. The van der Waals surface area contributed by atoms with E-state index in [0.717, 1.165) is 16.7 Å². The highest BCUT2D eigenvalue weighted by molar-refractivity contribution is 9.10. The van der Waals surface area contributed by atoms with E-state index >= 15 is 0 Å². The predicted molar refractivity (Wildman–Crippen MR) is 50.8 cm³/mol. The SMILES string of the molecule is CCn1ncc(Br)c1C(C)(C)O. The van der Waals surface area contributed by atoms with Crippen LogP contribution >= 0.6 is 15.9 Å². The topological polar surface area (TPSA) is 38.0 Å². The molecule has 12 heavy (non-hydrogen) atoms. The number of aliphatic hydroxyl groups is 1. The van der Waals surface area contributed by atoms with Crippen LogP contribution in [0.3, 0.4) is 0 Å². The van der Waals surface area contributed by atoms with Crippen LogP contribution in [0.1, 0.15) is 26.5 Å². The van der Waals surface area contributed by atoms with Gasteiger partial charge in [0.25, 0.3) is 0 Å². The molecule has 0 unspecified atom stereocenters. The molecule has 0 aliphatic rings. The first-order valence-corrected chi connectivity index (χ1v) is 4.70. The summed E-state index contributed by atoms with van der Waals surface area (Å²) in [5, 5.41) is 13.9. The van der Waals surface area contributed by atoms with Gasteiger partial charge in [-0.25, -0.2) is 0 Å². The molecule has 0 saturated carbocycles. The lowest BCUT2D eigenvalue weighted by Gasteiger charge is -2.19. The second kappa shape index (κ2) is 3.18. The molecule has 0 aliphatic carbocycles. The molecule has 0 aromatic carbocycles. The monoisotopic (exact) mass is 232 g/mol. The zero-order valence-corrected chi connectivity index (χ0v) is 9.09. The van der Waals surface area contributed by atoms with Crippen molar-refractivity contribution in [3.05, 3.63) is 16.4 Å². The van der Waals surface area contributed by atoms with Crippen molar-refractivity contribution in [2.45, 2.75) is 32.9 Å². The minimum absolute atomic E-state index is 0.769. The number of hydrogen-bond acceptors (Lipinski definition) is 2. The average molecular weight is 233 g/mol. The molecule has 68 valence electrons. The van der Waals surface area contributed by atoms with E-state index in [0.29, 0.717) is 0 Å². The first-order chi connectivity index (χ1) is 5.46. The van der Waals surface area contributed by atoms with Gasteiger partial charge in [0, 0.05) is 6.54 Å². The van der Waals surface area contributed by atoms with Crippen molar-refractivity contribution >= 4 is 15.9 Å². The van der Waals surface area contributed by atoms with E-state index < -0.39 is 5.60 Å². The van der Waals surface area contributed by atoms with Gasteiger partial charge in [-0.05, 0) is 36.7 Å². The largest absolute Gasteiger partial charge is 0.384 e. The van der Waals surface area contributed by atoms with Gasteiger partial charge in [-0.2, -0.15) is 5.10 Å². The highest BCUT2D eigenvalue weighted by atomic mass is 79.9. The van der Waals surface area contributed by atoms with Crippen LogP contribution in [0.15, 0.2) is 10.7 Å². The Morgan fingerprint density at radius 2 is 2.25 bits per heavy atom. The Kier molecular flexibility index (Phi) is 2.58. The first-order valence-electron chi connectivity index (χ1n) is 3.91. The van der Waals surface area contributed by atoms with E-state index in [2.05, 4.69) is 21.0 Å². The smallest absolute Gasteiger partial charge is 0.102 e. The lowest BCUT2D eigenvalue weighted by atomic mass is 10.1. The van der Waals surface area contributed by atoms with Crippen LogP contribution in [0.4, 0.5) is 0 Å². The molecule has 3 nitrogen and oxygen atoms in total. The van der Waals surface area contributed by atoms with Crippen molar-refractivity contribution in [1.82, 2.24) is 9.78 Å². The molecule has 0 bridgehead atoms. The summed E-state index contributed by atoms with van der Waals surface area (Å²) in [5.74, 6) is 0. The molecule has 4 heteroatoms. The standard InChI is InChI=1S/C8H13BrN2O/c1-4-11-7(8(2,3)12)6(9)5-10-11/h5,12H,4H2,1-3H3. The van der Waals surface area contributed by atoms with Crippen LogP contribution in [0.25, 0.3) is 0 Å². The average Bonchev–Trinajstić information content (AvgIpc) is 2.29. The van der Waals surface area contributed by atoms with Crippen molar-refractivity contribution in [2.75, 3.05) is 0 Å². The Morgan fingerprint density at radius 1 is 1.67 bits per heavy atom. The Labute approximate surface area is 80.5 Å². The molecular formula is C8H13BrN2O. The van der Waals surface area contributed by atoms with E-state index in [1.807, 2.05) is 6.92 Å². The van der Waals surface area contributed by atoms with Crippen LogP contribution in [0.5, 0.6) is 0 Å². The summed E-state index contributed by atoms with van der Waals surface area (Å²) in [5.41, 5.74) is -0.0178. The molecule has 0 aliphatic heterocycles. The van der Waals surface area contributed by atoms with Crippen LogP contribution in [-0.4, -0.2) is 14.9 Å². The third-order valence-corrected chi connectivity index (χ3v) is 2.25. The Bertz CT molecular complexity index is 275. The Balaban J connectivity index is 3.19. The third-order valence-electron chi connectivity index (χ3n) is 1.67. The summed E-state index contributed by atoms with van der Waals surface area (Å²) in [6.07, 6.45) is 1.71. The van der Waals surface area contributed by atoms with E-state index in [9.17, 15) is 5.11 Å². The maximum Gasteiger partial charge on any atom is 0.102 e. The van der Waals surface area contributed by atoms with E-state index in [1.165, 1.54) is 0 Å². The molecule has 1 aromatic heterocycles. The van der Waals surface area contributed by atoms with Crippen LogP contribution in [0, 0.1) is 0 Å². The van der Waals surface area contributed by atoms with Gasteiger partial charge in [-0.15, -0.1) is 0 Å². The zero-order valence-electron chi connectivity index (χ0n) is 7.50. The number of hydrogen-bond donors (Lipinski definition) is 1. The van der Waals surface area contributed by atoms with Crippen LogP contribution < -0.4 is 0 Å². The maximum absolute atomic E-state index is 9.78. The van der Waals surface area contributed by atoms with Gasteiger partial charge in [0.05, 0.1) is 16.4 Å². The number of halogens is 1. The molecule has 0 amide bonds. The Morgan fingerprint density at radius 3 is 2.58 bits per heavy atom. The van der Waals surface area contributed by atoms with Gasteiger partial charge in [0.15, 0.2) is 0 Å². The van der Waals surface area contributed by atoms with Gasteiger partial charge in [0.2, 0.25) is 0 Å². The summed E-state index contributed by atoms with van der Waals surface area (Å²) >= 11 is 3.35. The lowest BCUT2D eigenvalue weighted by Crippen LogP contribution is -2.21. The number of nitrogens with zero attached hydrogens (tertiary/aromatic N) is 2. The van der Waals surface area contributed by atoms with Crippen LogP contribution in [-0.2, 0) is 12.1 Å². The molecule has 0 saturated heterocycles. The van der Waals surface area contributed by atoms with Gasteiger partial charge in [-0.1, -0.05) is 0 Å². The van der Waals surface area contributed by atoms with Crippen molar-refractivity contribution in [3.63, 3.8) is 0 Å². The van der Waals surface area contributed by atoms with Gasteiger partial charge in [-0.3, -0.25) is 4.68 Å². The summed E-state index contributed by atoms with van der Waals surface area (Å²) in [4.78, 5) is 0. The van der Waals surface area contributed by atoms with E-state index in [4.69, 9.17) is 0 Å². The minimum atomic E-state index is -0.842. The molecule has 1 aromatic rings. The summed E-state index contributed by atoms with van der Waals surface area (Å²) in [7, 11) is 0. The summed E-state index contributed by atoms with van der Waals surface area (Å²) in [6.45, 7) is 6.27. The normalized spacial score (nSPS) is 12.1. The van der Waals surface area contributed by atoms with Gasteiger partial charge in [0.1, 0.15) is 5.60 Å².